The molecule has 1 aromatic carbocycles. The monoisotopic (exact) mass is 318 g/mol. The predicted molar refractivity (Wildman–Crippen MR) is 81.2 cm³/mol. The second-order valence-electron chi connectivity index (χ2n) is 5.11. The van der Waals surface area contributed by atoms with Gasteiger partial charge in [-0.1, -0.05) is 13.3 Å². The smallest absolute Gasteiger partial charge is 0.241 e. The standard InChI is InChI=1S/C14H23FN2O3S/c1-5-6-11(8-20-4)17-21(18,19)14-9(2)7-12(15)13(16)10(14)3/h7,11,17H,5-6,8,16H2,1-4H3. The molecule has 120 valence electrons. The van der Waals surface area contributed by atoms with Crippen molar-refractivity contribution in [2.24, 2.45) is 0 Å². The Morgan fingerprint density at radius 3 is 2.57 bits per heavy atom. The third kappa shape index (κ3) is 4.15. The molecule has 21 heavy (non-hydrogen) atoms. The van der Waals surface area contributed by atoms with Crippen LogP contribution >= 0.6 is 0 Å². The molecule has 1 unspecified atom stereocenters. The summed E-state index contributed by atoms with van der Waals surface area (Å²) in [6, 6.07) is 0.817. The van der Waals surface area contributed by atoms with E-state index in [1.807, 2.05) is 6.92 Å². The molecule has 1 aromatic rings. The van der Waals surface area contributed by atoms with E-state index in [2.05, 4.69) is 4.72 Å². The van der Waals surface area contributed by atoms with Crippen molar-refractivity contribution in [3.8, 4) is 0 Å². The van der Waals surface area contributed by atoms with Gasteiger partial charge in [-0.05, 0) is 37.5 Å². The van der Waals surface area contributed by atoms with E-state index in [9.17, 15) is 12.8 Å². The van der Waals surface area contributed by atoms with E-state index in [1.54, 1.807) is 6.92 Å². The molecule has 0 aliphatic rings. The summed E-state index contributed by atoms with van der Waals surface area (Å²) in [5.74, 6) is -0.606. The van der Waals surface area contributed by atoms with E-state index in [-0.39, 0.29) is 28.8 Å². The maximum Gasteiger partial charge on any atom is 0.241 e. The molecule has 3 N–H and O–H groups in total. The van der Waals surface area contributed by atoms with Gasteiger partial charge in [0.05, 0.1) is 17.2 Å². The van der Waals surface area contributed by atoms with Crippen LogP contribution in [0.1, 0.15) is 30.9 Å². The molecule has 0 amide bonds. The fourth-order valence-electron chi connectivity index (χ4n) is 2.35. The number of anilines is 1. The quantitative estimate of drug-likeness (QED) is 0.755. The molecule has 0 radical (unpaired) electrons. The van der Waals surface area contributed by atoms with Gasteiger partial charge in [0.15, 0.2) is 0 Å². The van der Waals surface area contributed by atoms with Gasteiger partial charge in [0.25, 0.3) is 0 Å². The van der Waals surface area contributed by atoms with Gasteiger partial charge in [-0.15, -0.1) is 0 Å². The molecule has 0 saturated carbocycles. The second-order valence-corrected chi connectivity index (χ2v) is 6.76. The topological polar surface area (TPSA) is 81.4 Å². The molecule has 0 fully saturated rings. The average Bonchev–Trinajstić information content (AvgIpc) is 2.35. The Bertz CT molecular complexity index is 597. The highest BCUT2D eigenvalue weighted by atomic mass is 32.2. The first-order chi connectivity index (χ1) is 9.74. The van der Waals surface area contributed by atoms with Crippen molar-refractivity contribution in [3.05, 3.63) is 23.0 Å². The molecular formula is C14H23FN2O3S. The minimum absolute atomic E-state index is 0.0404. The average molecular weight is 318 g/mol. The number of benzene rings is 1. The molecule has 0 aromatic heterocycles. The number of halogens is 1. The Kier molecular flexibility index (Phi) is 6.12. The van der Waals surface area contributed by atoms with Crippen LogP contribution in [-0.2, 0) is 14.8 Å². The third-order valence-electron chi connectivity index (χ3n) is 3.30. The zero-order valence-electron chi connectivity index (χ0n) is 12.9. The summed E-state index contributed by atoms with van der Waals surface area (Å²) in [5, 5.41) is 0. The Balaban J connectivity index is 3.22. The van der Waals surface area contributed by atoms with E-state index < -0.39 is 15.8 Å². The minimum atomic E-state index is -3.78. The normalized spacial score (nSPS) is 13.4. The molecule has 0 saturated heterocycles. The van der Waals surface area contributed by atoms with Gasteiger partial charge >= 0.3 is 0 Å². The zero-order valence-corrected chi connectivity index (χ0v) is 13.7. The number of hydrogen-bond acceptors (Lipinski definition) is 4. The van der Waals surface area contributed by atoms with Crippen molar-refractivity contribution in [1.29, 1.82) is 0 Å². The summed E-state index contributed by atoms with van der Waals surface area (Å²) < 4.78 is 46.3. The number of hydrogen-bond donors (Lipinski definition) is 2. The highest BCUT2D eigenvalue weighted by molar-refractivity contribution is 7.89. The fourth-order valence-corrected chi connectivity index (χ4v) is 4.09. The third-order valence-corrected chi connectivity index (χ3v) is 5.11. The summed E-state index contributed by atoms with van der Waals surface area (Å²) in [6.45, 7) is 5.30. The lowest BCUT2D eigenvalue weighted by atomic mass is 10.1. The second kappa shape index (κ2) is 7.20. The summed E-state index contributed by atoms with van der Waals surface area (Å²) in [7, 11) is -2.26. The lowest BCUT2D eigenvalue weighted by Gasteiger charge is -2.20. The highest BCUT2D eigenvalue weighted by Gasteiger charge is 2.25. The molecule has 1 rings (SSSR count). The SMILES string of the molecule is CCCC(COC)NS(=O)(=O)c1c(C)cc(F)c(N)c1C. The van der Waals surface area contributed by atoms with Gasteiger partial charge in [0.1, 0.15) is 5.82 Å². The van der Waals surface area contributed by atoms with Gasteiger partial charge in [0.2, 0.25) is 10.0 Å². The van der Waals surface area contributed by atoms with Crippen LogP contribution in [0.3, 0.4) is 0 Å². The molecule has 0 aliphatic carbocycles. The number of ether oxygens (including phenoxy) is 1. The molecule has 7 heteroatoms. The highest BCUT2D eigenvalue weighted by Crippen LogP contribution is 2.27. The fraction of sp³-hybridized carbons (Fsp3) is 0.571. The van der Waals surface area contributed by atoms with Gasteiger partial charge < -0.3 is 10.5 Å². The van der Waals surface area contributed by atoms with E-state index >= 15 is 0 Å². The van der Waals surface area contributed by atoms with Gasteiger partial charge in [-0.2, -0.15) is 0 Å². The molecule has 5 nitrogen and oxygen atoms in total. The number of nitrogens with one attached hydrogen (secondary N) is 1. The molecule has 0 heterocycles. The van der Waals surface area contributed by atoms with Crippen LogP contribution in [0.25, 0.3) is 0 Å². The Morgan fingerprint density at radius 1 is 1.43 bits per heavy atom. The molecule has 0 aliphatic heterocycles. The Labute approximate surface area is 125 Å². The molecule has 0 spiro atoms. The van der Waals surface area contributed by atoms with Crippen LogP contribution in [0, 0.1) is 19.7 Å². The van der Waals surface area contributed by atoms with Crippen LogP contribution in [0.2, 0.25) is 0 Å². The number of methoxy groups -OCH3 is 1. The molecule has 0 bridgehead atoms. The first kappa shape index (κ1) is 17.9. The van der Waals surface area contributed by atoms with E-state index in [4.69, 9.17) is 10.5 Å². The molecule has 1 atom stereocenters. The van der Waals surface area contributed by atoms with Gasteiger partial charge in [-0.25, -0.2) is 17.5 Å². The van der Waals surface area contributed by atoms with Crippen molar-refractivity contribution in [2.45, 2.75) is 44.6 Å². The number of nitrogens with two attached hydrogens (primary N) is 1. The van der Waals surface area contributed by atoms with Crippen molar-refractivity contribution < 1.29 is 17.5 Å². The van der Waals surface area contributed by atoms with Crippen molar-refractivity contribution >= 4 is 15.7 Å². The largest absolute Gasteiger partial charge is 0.396 e. The van der Waals surface area contributed by atoms with Crippen LogP contribution in [0.15, 0.2) is 11.0 Å². The van der Waals surface area contributed by atoms with Gasteiger partial charge in [0, 0.05) is 13.2 Å². The minimum Gasteiger partial charge on any atom is -0.396 e. The predicted octanol–water partition coefficient (Wildman–Crippen LogP) is 2.12. The Morgan fingerprint density at radius 2 is 2.05 bits per heavy atom. The molecular weight excluding hydrogens is 295 g/mol. The van der Waals surface area contributed by atoms with Crippen LogP contribution in [-0.4, -0.2) is 28.2 Å². The van der Waals surface area contributed by atoms with Crippen LogP contribution in [0.4, 0.5) is 10.1 Å². The van der Waals surface area contributed by atoms with Crippen molar-refractivity contribution in [3.63, 3.8) is 0 Å². The lowest BCUT2D eigenvalue weighted by Crippen LogP contribution is -2.38. The summed E-state index contributed by atoms with van der Waals surface area (Å²) in [5.41, 5.74) is 6.03. The zero-order chi connectivity index (χ0) is 16.2. The maximum atomic E-state index is 13.6. The van der Waals surface area contributed by atoms with E-state index in [1.165, 1.54) is 14.0 Å². The Hall–Kier alpha value is -1.18. The van der Waals surface area contributed by atoms with E-state index in [0.29, 0.717) is 12.0 Å². The maximum absolute atomic E-state index is 13.6. The first-order valence-corrected chi connectivity index (χ1v) is 8.29. The van der Waals surface area contributed by atoms with Gasteiger partial charge in [-0.3, -0.25) is 0 Å². The first-order valence-electron chi connectivity index (χ1n) is 6.81. The lowest BCUT2D eigenvalue weighted by molar-refractivity contribution is 0.171. The van der Waals surface area contributed by atoms with Crippen LogP contribution in [0.5, 0.6) is 0 Å². The van der Waals surface area contributed by atoms with Crippen molar-refractivity contribution in [2.75, 3.05) is 19.5 Å². The van der Waals surface area contributed by atoms with Crippen LogP contribution < -0.4 is 10.5 Å². The number of sulfonamides is 1. The summed E-state index contributed by atoms with van der Waals surface area (Å²) in [6.07, 6.45) is 1.47. The number of nitrogen functional groups attached to an aromatic ring is 1. The summed E-state index contributed by atoms with van der Waals surface area (Å²) >= 11 is 0. The summed E-state index contributed by atoms with van der Waals surface area (Å²) in [4.78, 5) is 0.0404. The van der Waals surface area contributed by atoms with E-state index in [0.717, 1.165) is 12.5 Å². The number of aryl methyl sites for hydroxylation is 1. The number of rotatable bonds is 7. The van der Waals surface area contributed by atoms with Crippen molar-refractivity contribution in [1.82, 2.24) is 4.72 Å².